The lowest BCUT2D eigenvalue weighted by Crippen LogP contribution is -2.42. The monoisotopic (exact) mass is 268 g/mol. The number of nitrogens with one attached hydrogen (secondary N) is 2. The third-order valence-electron chi connectivity index (χ3n) is 4.05. The Bertz CT molecular complexity index is 323. The van der Waals surface area contributed by atoms with Gasteiger partial charge in [0.25, 0.3) is 0 Å². The average Bonchev–Trinajstić information content (AvgIpc) is 3.19. The van der Waals surface area contributed by atoms with Crippen LogP contribution >= 0.6 is 0 Å². The maximum absolute atomic E-state index is 11.7. The fourth-order valence-electron chi connectivity index (χ4n) is 2.77. The Hall–Kier alpha value is -1.10. The van der Waals surface area contributed by atoms with Crippen LogP contribution in [0, 0.1) is 5.92 Å². The van der Waals surface area contributed by atoms with E-state index < -0.39 is 12.0 Å². The van der Waals surface area contributed by atoms with Gasteiger partial charge in [0.2, 0.25) is 5.91 Å². The van der Waals surface area contributed by atoms with Gasteiger partial charge in [0, 0.05) is 19.0 Å². The minimum absolute atomic E-state index is 0.0411. The van der Waals surface area contributed by atoms with Gasteiger partial charge in [-0.15, -0.1) is 0 Å². The van der Waals surface area contributed by atoms with Gasteiger partial charge in [-0.2, -0.15) is 0 Å². The third-order valence-corrected chi connectivity index (χ3v) is 4.05. The van der Waals surface area contributed by atoms with Gasteiger partial charge < -0.3 is 15.7 Å². The van der Waals surface area contributed by atoms with Gasteiger partial charge in [0.1, 0.15) is 6.04 Å². The first kappa shape index (κ1) is 14.3. The fraction of sp³-hybridized carbons (Fsp3) is 0.857. The molecule has 0 aliphatic heterocycles. The standard InChI is InChI=1S/C14H24N2O3/c17-12(16-11-4-2-1-3-5-11)8-9-15-13(14(18)19)10-6-7-10/h10-11,13,15H,1-9H2,(H,16,17)(H,18,19). The maximum Gasteiger partial charge on any atom is 0.320 e. The van der Waals surface area contributed by atoms with Crippen molar-refractivity contribution >= 4 is 11.9 Å². The van der Waals surface area contributed by atoms with E-state index in [1.54, 1.807) is 0 Å². The molecular weight excluding hydrogens is 244 g/mol. The summed E-state index contributed by atoms with van der Waals surface area (Å²) in [5, 5.41) is 15.1. The number of aliphatic carboxylic acids is 1. The van der Waals surface area contributed by atoms with Crippen molar-refractivity contribution in [2.75, 3.05) is 6.54 Å². The smallest absolute Gasteiger partial charge is 0.320 e. The summed E-state index contributed by atoms with van der Waals surface area (Å²) in [6, 6.07) is -0.137. The van der Waals surface area contributed by atoms with Gasteiger partial charge in [0.15, 0.2) is 0 Å². The summed E-state index contributed by atoms with van der Waals surface area (Å²) < 4.78 is 0. The quantitative estimate of drug-likeness (QED) is 0.650. The second-order valence-electron chi connectivity index (χ2n) is 5.76. The lowest BCUT2D eigenvalue weighted by Gasteiger charge is -2.23. The predicted molar refractivity (Wildman–Crippen MR) is 71.8 cm³/mol. The van der Waals surface area contributed by atoms with Crippen molar-refractivity contribution in [3.8, 4) is 0 Å². The number of hydrogen-bond acceptors (Lipinski definition) is 3. The fourth-order valence-corrected chi connectivity index (χ4v) is 2.77. The van der Waals surface area contributed by atoms with Gasteiger partial charge in [0.05, 0.1) is 0 Å². The van der Waals surface area contributed by atoms with Crippen molar-refractivity contribution < 1.29 is 14.7 Å². The molecule has 19 heavy (non-hydrogen) atoms. The topological polar surface area (TPSA) is 78.4 Å². The molecule has 1 amide bonds. The summed E-state index contributed by atoms with van der Waals surface area (Å²) in [5.74, 6) is -0.492. The van der Waals surface area contributed by atoms with Crippen LogP contribution < -0.4 is 10.6 Å². The first-order valence-electron chi connectivity index (χ1n) is 7.42. The molecule has 2 rings (SSSR count). The molecule has 5 nitrogen and oxygen atoms in total. The van der Waals surface area contributed by atoms with E-state index in [4.69, 9.17) is 5.11 Å². The molecule has 5 heteroatoms. The summed E-state index contributed by atoms with van der Waals surface area (Å²) >= 11 is 0. The van der Waals surface area contributed by atoms with Crippen LogP contribution in [-0.4, -0.2) is 35.6 Å². The van der Waals surface area contributed by atoms with E-state index in [0.717, 1.165) is 25.7 Å². The van der Waals surface area contributed by atoms with Crippen molar-refractivity contribution in [2.24, 2.45) is 5.92 Å². The molecule has 0 aromatic carbocycles. The first-order chi connectivity index (χ1) is 9.16. The molecule has 0 saturated heterocycles. The number of rotatable bonds is 7. The molecule has 0 radical (unpaired) electrons. The minimum Gasteiger partial charge on any atom is -0.480 e. The van der Waals surface area contributed by atoms with Gasteiger partial charge in [-0.05, 0) is 31.6 Å². The molecule has 3 N–H and O–H groups in total. The number of carboxylic acids is 1. The second kappa shape index (κ2) is 6.89. The number of carbonyl (C=O) groups is 2. The van der Waals surface area contributed by atoms with E-state index >= 15 is 0 Å². The van der Waals surface area contributed by atoms with Crippen LogP contribution in [0.2, 0.25) is 0 Å². The normalized spacial score (nSPS) is 21.9. The molecule has 2 fully saturated rings. The highest BCUT2D eigenvalue weighted by atomic mass is 16.4. The summed E-state index contributed by atoms with van der Waals surface area (Å²) in [4.78, 5) is 22.8. The number of carbonyl (C=O) groups excluding carboxylic acids is 1. The summed E-state index contributed by atoms with van der Waals surface area (Å²) in [5.41, 5.74) is 0. The van der Waals surface area contributed by atoms with Crippen LogP contribution in [0.1, 0.15) is 51.4 Å². The van der Waals surface area contributed by atoms with Gasteiger partial charge in [-0.25, -0.2) is 0 Å². The molecule has 1 unspecified atom stereocenters. The highest BCUT2D eigenvalue weighted by Crippen LogP contribution is 2.32. The molecule has 0 bridgehead atoms. The van der Waals surface area contributed by atoms with E-state index in [2.05, 4.69) is 10.6 Å². The van der Waals surface area contributed by atoms with Crippen LogP contribution in [0.4, 0.5) is 0 Å². The molecule has 2 aliphatic carbocycles. The van der Waals surface area contributed by atoms with E-state index in [-0.39, 0.29) is 11.8 Å². The number of amides is 1. The highest BCUT2D eigenvalue weighted by Gasteiger charge is 2.35. The zero-order valence-electron chi connectivity index (χ0n) is 11.4. The molecular formula is C14H24N2O3. The average molecular weight is 268 g/mol. The van der Waals surface area contributed by atoms with Crippen molar-refractivity contribution in [3.05, 3.63) is 0 Å². The summed E-state index contributed by atoms with van der Waals surface area (Å²) in [6.07, 6.45) is 8.18. The SMILES string of the molecule is O=C(CCNC(C(=O)O)C1CC1)NC1CCCCC1. The Morgan fingerprint density at radius 2 is 1.79 bits per heavy atom. The Kier molecular flexibility index (Phi) is 5.19. The third kappa shape index (κ3) is 4.82. The number of carboxylic acid groups (broad SMARTS) is 1. The molecule has 0 spiro atoms. The van der Waals surface area contributed by atoms with Crippen molar-refractivity contribution in [2.45, 2.75) is 63.5 Å². The molecule has 2 saturated carbocycles. The van der Waals surface area contributed by atoms with Crippen LogP contribution in [0.15, 0.2) is 0 Å². The summed E-state index contributed by atoms with van der Waals surface area (Å²) in [6.45, 7) is 0.450. The van der Waals surface area contributed by atoms with Gasteiger partial charge >= 0.3 is 5.97 Å². The zero-order valence-corrected chi connectivity index (χ0v) is 11.4. The van der Waals surface area contributed by atoms with Crippen LogP contribution in [0.5, 0.6) is 0 Å². The lowest BCUT2D eigenvalue weighted by molar-refractivity contribution is -0.140. The molecule has 108 valence electrons. The zero-order chi connectivity index (χ0) is 13.7. The first-order valence-corrected chi connectivity index (χ1v) is 7.42. The van der Waals surface area contributed by atoms with Crippen LogP contribution in [0.25, 0.3) is 0 Å². The van der Waals surface area contributed by atoms with Crippen molar-refractivity contribution in [1.82, 2.24) is 10.6 Å². The maximum atomic E-state index is 11.7. The van der Waals surface area contributed by atoms with E-state index in [1.807, 2.05) is 0 Å². The van der Waals surface area contributed by atoms with E-state index in [9.17, 15) is 9.59 Å². The highest BCUT2D eigenvalue weighted by molar-refractivity contribution is 5.77. The largest absolute Gasteiger partial charge is 0.480 e. The minimum atomic E-state index is -0.796. The molecule has 2 aliphatic rings. The Labute approximate surface area is 114 Å². The lowest BCUT2D eigenvalue weighted by atomic mass is 9.95. The van der Waals surface area contributed by atoms with E-state index in [0.29, 0.717) is 19.0 Å². The van der Waals surface area contributed by atoms with Gasteiger partial charge in [-0.1, -0.05) is 19.3 Å². The molecule has 0 aromatic heterocycles. The Morgan fingerprint density at radius 3 is 2.37 bits per heavy atom. The van der Waals surface area contributed by atoms with Crippen molar-refractivity contribution in [3.63, 3.8) is 0 Å². The molecule has 0 heterocycles. The Balaban J connectivity index is 1.61. The van der Waals surface area contributed by atoms with Crippen LogP contribution in [0.3, 0.4) is 0 Å². The van der Waals surface area contributed by atoms with E-state index in [1.165, 1.54) is 19.3 Å². The molecule has 0 aromatic rings. The van der Waals surface area contributed by atoms with Crippen molar-refractivity contribution in [1.29, 1.82) is 0 Å². The van der Waals surface area contributed by atoms with Crippen LogP contribution in [-0.2, 0) is 9.59 Å². The Morgan fingerprint density at radius 1 is 1.11 bits per heavy atom. The second-order valence-corrected chi connectivity index (χ2v) is 5.76. The summed E-state index contributed by atoms with van der Waals surface area (Å²) in [7, 11) is 0. The van der Waals surface area contributed by atoms with Gasteiger partial charge in [-0.3, -0.25) is 9.59 Å². The number of hydrogen-bond donors (Lipinski definition) is 3. The predicted octanol–water partition coefficient (Wildman–Crippen LogP) is 1.28. The molecule has 1 atom stereocenters.